The topological polar surface area (TPSA) is 108 Å². The maximum Gasteiger partial charge on any atom is 0.318 e. The van der Waals surface area contributed by atoms with Crippen molar-refractivity contribution in [3.05, 3.63) is 105 Å². The number of aliphatic hydroxyl groups excluding tert-OH is 1. The van der Waals surface area contributed by atoms with E-state index in [9.17, 15) is 19.8 Å². The summed E-state index contributed by atoms with van der Waals surface area (Å²) in [6, 6.07) is 19.0. The highest BCUT2D eigenvalue weighted by atomic mass is 32.1. The first-order valence-electron chi connectivity index (χ1n) is 20.0. The van der Waals surface area contributed by atoms with Crippen molar-refractivity contribution < 1.29 is 29.3 Å². The molecule has 2 spiro atoms. The second kappa shape index (κ2) is 13.6. The number of nitrogens with one attached hydrogen (secondary N) is 1. The summed E-state index contributed by atoms with van der Waals surface area (Å²) in [6.45, 7) is 8.99. The van der Waals surface area contributed by atoms with Gasteiger partial charge in [-0.25, -0.2) is 4.79 Å². The minimum atomic E-state index is -1.23. The Bertz CT molecular complexity index is 2040. The number of Topliss-reactive ketones (excluding diaryl/α,β-unsaturated/α-hetero) is 1. The maximum absolute atomic E-state index is 14.9. The van der Waals surface area contributed by atoms with Gasteiger partial charge in [-0.3, -0.25) is 4.79 Å². The molecule has 1 aromatic heterocycles. The van der Waals surface area contributed by atoms with E-state index in [4.69, 9.17) is 9.47 Å². The van der Waals surface area contributed by atoms with Crippen LogP contribution in [0.15, 0.2) is 84.5 Å². The number of carbonyl (C=O) groups is 2. The summed E-state index contributed by atoms with van der Waals surface area (Å²) in [6.07, 6.45) is 11.7. The van der Waals surface area contributed by atoms with Crippen LogP contribution < -0.4 is 14.8 Å². The van der Waals surface area contributed by atoms with Gasteiger partial charge in [0.05, 0.1) is 49.9 Å². The van der Waals surface area contributed by atoms with Crippen molar-refractivity contribution in [1.82, 2.24) is 10.2 Å². The lowest BCUT2D eigenvalue weighted by Gasteiger charge is -2.71. The summed E-state index contributed by atoms with van der Waals surface area (Å²) in [5.41, 5.74) is -0.267. The maximum atomic E-state index is 14.9. The Hall–Kier alpha value is -3.92. The molecular weight excluding hydrogens is 709 g/mol. The average molecular weight is 765 g/mol. The summed E-state index contributed by atoms with van der Waals surface area (Å²) < 4.78 is 11.3. The Labute approximate surface area is 329 Å². The lowest BCUT2D eigenvalue weighted by atomic mass is 9.32. The third-order valence-corrected chi connectivity index (χ3v) is 16.2. The molecule has 9 heteroatoms. The van der Waals surface area contributed by atoms with Gasteiger partial charge < -0.3 is 29.9 Å². The van der Waals surface area contributed by atoms with E-state index in [1.165, 1.54) is 0 Å². The van der Waals surface area contributed by atoms with E-state index in [-0.39, 0.29) is 48.2 Å². The Balaban J connectivity index is 1.18. The predicted molar refractivity (Wildman–Crippen MR) is 215 cm³/mol. The van der Waals surface area contributed by atoms with E-state index >= 15 is 0 Å². The van der Waals surface area contributed by atoms with Gasteiger partial charge in [-0.15, -0.1) is 11.3 Å². The number of methoxy groups -OCH3 is 2. The number of carbonyl (C=O) groups excluding carboxylic acids is 2. The van der Waals surface area contributed by atoms with Gasteiger partial charge in [0.2, 0.25) is 0 Å². The van der Waals surface area contributed by atoms with Crippen LogP contribution in [0.2, 0.25) is 0 Å². The quantitative estimate of drug-likeness (QED) is 0.141. The molecule has 1 heterocycles. The highest BCUT2D eigenvalue weighted by Crippen LogP contribution is 2.78. The van der Waals surface area contributed by atoms with Gasteiger partial charge in [0.25, 0.3) is 0 Å². The summed E-state index contributed by atoms with van der Waals surface area (Å²) in [7, 11) is 3.23. The average Bonchev–Trinajstić information content (AvgIpc) is 3.74. The third kappa shape index (κ3) is 5.73. The molecule has 0 radical (unpaired) electrons. The van der Waals surface area contributed by atoms with E-state index < -0.39 is 27.9 Å². The van der Waals surface area contributed by atoms with Gasteiger partial charge in [0.1, 0.15) is 11.5 Å². The number of benzene rings is 2. The van der Waals surface area contributed by atoms with Gasteiger partial charge in [0, 0.05) is 38.3 Å². The van der Waals surface area contributed by atoms with Crippen LogP contribution in [0.3, 0.4) is 0 Å². The van der Waals surface area contributed by atoms with Gasteiger partial charge in [-0.05, 0) is 106 Å². The smallest absolute Gasteiger partial charge is 0.318 e. The zero-order chi connectivity index (χ0) is 39.0. The summed E-state index contributed by atoms with van der Waals surface area (Å²) >= 11 is 1.54. The zero-order valence-corrected chi connectivity index (χ0v) is 33.9. The van der Waals surface area contributed by atoms with Crippen molar-refractivity contribution in [2.24, 2.45) is 33.5 Å². The Morgan fingerprint density at radius 2 is 1.67 bits per heavy atom. The van der Waals surface area contributed by atoms with Crippen molar-refractivity contribution in [2.45, 2.75) is 96.9 Å². The molecular formula is C46H56N2O6S. The van der Waals surface area contributed by atoms with Crippen LogP contribution in [-0.2, 0) is 6.54 Å². The van der Waals surface area contributed by atoms with Gasteiger partial charge in [-0.2, -0.15) is 0 Å². The van der Waals surface area contributed by atoms with Gasteiger partial charge >= 0.3 is 6.03 Å². The number of urea groups is 1. The van der Waals surface area contributed by atoms with Crippen LogP contribution in [0, 0.1) is 40.4 Å². The summed E-state index contributed by atoms with van der Waals surface area (Å²) in [5.74, 6) is 1.51. The van der Waals surface area contributed by atoms with Gasteiger partial charge in [-0.1, -0.05) is 62.4 Å². The molecule has 3 aromatic rings. The van der Waals surface area contributed by atoms with Crippen molar-refractivity contribution >= 4 is 23.2 Å². The van der Waals surface area contributed by atoms with Crippen LogP contribution in [0.4, 0.5) is 4.79 Å². The van der Waals surface area contributed by atoms with Crippen LogP contribution in [-0.4, -0.2) is 59.4 Å². The van der Waals surface area contributed by atoms with Crippen LogP contribution >= 0.6 is 11.3 Å². The molecule has 9 rings (SSSR count). The highest BCUT2D eigenvalue weighted by Gasteiger charge is 2.74. The molecule has 0 saturated heterocycles. The molecule has 2 amide bonds. The first kappa shape index (κ1) is 38.0. The third-order valence-electron chi connectivity index (χ3n) is 15.2. The zero-order valence-electron chi connectivity index (χ0n) is 33.1. The first-order chi connectivity index (χ1) is 26.2. The number of amides is 2. The van der Waals surface area contributed by atoms with E-state index in [2.05, 4.69) is 37.4 Å². The van der Waals surface area contributed by atoms with E-state index in [0.717, 1.165) is 58.6 Å². The molecule has 292 valence electrons. The second-order valence-corrected chi connectivity index (χ2v) is 19.0. The lowest BCUT2D eigenvalue weighted by molar-refractivity contribution is -0.174. The molecule has 1 unspecified atom stereocenters. The highest BCUT2D eigenvalue weighted by molar-refractivity contribution is 7.14. The fourth-order valence-corrected chi connectivity index (χ4v) is 12.9. The predicted octanol–water partition coefficient (Wildman–Crippen LogP) is 8.82. The van der Waals surface area contributed by atoms with E-state index in [0.29, 0.717) is 24.3 Å². The number of thiophene rings is 1. The number of fused-ring (bicyclic) bond motifs is 1. The number of rotatable bonds is 10. The molecule has 6 aliphatic carbocycles. The molecule has 0 aliphatic heterocycles. The molecule has 3 fully saturated rings. The molecule has 3 saturated carbocycles. The van der Waals surface area contributed by atoms with E-state index in [1.54, 1.807) is 30.5 Å². The molecule has 2 bridgehead atoms. The van der Waals surface area contributed by atoms with Crippen molar-refractivity contribution in [1.29, 1.82) is 0 Å². The molecule has 6 aliphatic rings. The first-order valence-corrected chi connectivity index (χ1v) is 20.8. The summed E-state index contributed by atoms with van der Waals surface area (Å²) in [4.78, 5) is 32.9. The Morgan fingerprint density at radius 1 is 0.945 bits per heavy atom. The largest absolute Gasteiger partial charge is 0.497 e. The number of ketones is 1. The minimum absolute atomic E-state index is 0.0260. The number of hydrogen-bond donors (Lipinski definition) is 3. The van der Waals surface area contributed by atoms with Crippen LogP contribution in [0.5, 0.6) is 11.5 Å². The van der Waals surface area contributed by atoms with Crippen LogP contribution in [0.1, 0.15) is 97.4 Å². The van der Waals surface area contributed by atoms with Crippen LogP contribution in [0.25, 0.3) is 0 Å². The Kier molecular flexibility index (Phi) is 9.41. The second-order valence-electron chi connectivity index (χ2n) is 17.7. The number of allylic oxidation sites excluding steroid dienone is 4. The standard InChI is InChI=1S/C46H56N2O6S/c1-29-12-15-37(55-29)40(50)35-26-44-22-23-46(35)38(42(44,3)19-16-33(49)25-44)17-20-43(4)39(46)18-21-45(43,52)28-48(27-32-13-14-34(53-5)24-36(32)54-6)41(51)47-30(2)31-10-8-7-9-11-31/h7-15,22-24,26,30,33,38-39,49,52H,16-21,25,27-28H2,1-6H3,(H,47,51)/t30-,33?,38-,39-,42-,43+,44+,45-,46-/m1/s1. The van der Waals surface area contributed by atoms with Gasteiger partial charge in [0.15, 0.2) is 5.78 Å². The number of nitrogens with zero attached hydrogens (tertiary/aromatic N) is 1. The Morgan fingerprint density at radius 3 is 2.38 bits per heavy atom. The van der Waals surface area contributed by atoms with Crippen molar-refractivity contribution in [3.8, 4) is 11.5 Å². The fraction of sp³-hybridized carbons (Fsp3) is 0.522. The minimum Gasteiger partial charge on any atom is -0.497 e. The SMILES string of the molecule is COc1ccc(CN(C[C@]2(O)CC[C@H]3[C@]45C=C[C@@]6(C=C4C(=O)c4ccc(C)s4)CC(O)CC[C@]6(C)[C@H]5CC[C@@]32C)C(=O)N[C@H](C)c2ccccc2)c(OC)c1. The normalized spacial score (nSPS) is 34.8. The van der Waals surface area contributed by atoms with Crippen molar-refractivity contribution in [3.63, 3.8) is 0 Å². The fourth-order valence-electron chi connectivity index (χ4n) is 12.1. The number of hydrogen-bond acceptors (Lipinski definition) is 7. The number of ether oxygens (including phenoxy) is 2. The van der Waals surface area contributed by atoms with E-state index in [1.807, 2.05) is 74.5 Å². The molecule has 2 aromatic carbocycles. The number of aliphatic hydroxyl groups is 2. The lowest BCUT2D eigenvalue weighted by Crippen LogP contribution is -2.67. The molecule has 8 nitrogen and oxygen atoms in total. The monoisotopic (exact) mass is 764 g/mol. The van der Waals surface area contributed by atoms with Crippen molar-refractivity contribution in [2.75, 3.05) is 20.8 Å². The molecule has 9 atom stereocenters. The number of aryl methyl sites for hydroxylation is 1. The summed E-state index contributed by atoms with van der Waals surface area (Å²) in [5, 5.41) is 27.5. The molecule has 55 heavy (non-hydrogen) atoms. The molecule has 3 N–H and O–H groups in total.